The van der Waals surface area contributed by atoms with Crippen LogP contribution >= 0.6 is 15.9 Å². The number of aryl methyl sites for hydroxylation is 1. The number of methoxy groups -OCH3 is 1. The lowest BCUT2D eigenvalue weighted by molar-refractivity contribution is -0.121. The number of ether oxygens (including phenoxy) is 1. The first kappa shape index (κ1) is 19.5. The number of nitrogens with zero attached hydrogens (tertiary/aromatic N) is 5. The number of benzene rings is 1. The van der Waals surface area contributed by atoms with Crippen molar-refractivity contribution in [2.24, 2.45) is 19.2 Å². The van der Waals surface area contributed by atoms with E-state index >= 15 is 0 Å². The van der Waals surface area contributed by atoms with Crippen LogP contribution in [0.1, 0.15) is 5.56 Å². The third-order valence-corrected chi connectivity index (χ3v) is 4.60. The van der Waals surface area contributed by atoms with E-state index < -0.39 is 17.2 Å². The van der Waals surface area contributed by atoms with Crippen LogP contribution in [0.3, 0.4) is 0 Å². The Labute approximate surface area is 167 Å². The van der Waals surface area contributed by atoms with Crippen molar-refractivity contribution in [1.29, 1.82) is 0 Å². The van der Waals surface area contributed by atoms with Crippen molar-refractivity contribution in [3.05, 3.63) is 55.4 Å². The van der Waals surface area contributed by atoms with Gasteiger partial charge in [-0.1, -0.05) is 15.9 Å². The molecule has 0 fully saturated rings. The number of amides is 1. The number of rotatable bonds is 5. The van der Waals surface area contributed by atoms with E-state index in [2.05, 4.69) is 31.4 Å². The highest BCUT2D eigenvalue weighted by atomic mass is 79.9. The summed E-state index contributed by atoms with van der Waals surface area (Å²) in [5.41, 5.74) is 2.44. The number of carbonyl (C=O) groups excluding carboxylic acids is 1. The quantitative estimate of drug-likeness (QED) is 0.447. The molecule has 1 aromatic carbocycles. The SMILES string of the molecule is COc1ccc(Br)cc1/C=N/NC(=O)Cn1cnc2c(=O)n(C)c(=O)n(C)c21. The fourth-order valence-electron chi connectivity index (χ4n) is 2.73. The summed E-state index contributed by atoms with van der Waals surface area (Å²) in [6, 6.07) is 5.39. The number of halogens is 1. The predicted molar refractivity (Wildman–Crippen MR) is 107 cm³/mol. The van der Waals surface area contributed by atoms with Crippen molar-refractivity contribution in [3.8, 4) is 5.75 Å². The molecular formula is C17H17BrN6O4. The lowest BCUT2D eigenvalue weighted by Crippen LogP contribution is -2.37. The number of imidazole rings is 1. The van der Waals surface area contributed by atoms with E-state index in [0.717, 1.165) is 9.04 Å². The van der Waals surface area contributed by atoms with E-state index in [0.29, 0.717) is 11.3 Å². The van der Waals surface area contributed by atoms with Crippen LogP contribution < -0.4 is 21.4 Å². The van der Waals surface area contributed by atoms with Gasteiger partial charge in [0.15, 0.2) is 5.52 Å². The Hall–Kier alpha value is -3.21. The molecule has 0 saturated heterocycles. The molecule has 0 saturated carbocycles. The largest absolute Gasteiger partial charge is 0.496 e. The first-order valence-electron chi connectivity index (χ1n) is 8.09. The molecule has 146 valence electrons. The van der Waals surface area contributed by atoms with Gasteiger partial charge < -0.3 is 9.30 Å². The van der Waals surface area contributed by atoms with Gasteiger partial charge in [0.25, 0.3) is 11.5 Å². The van der Waals surface area contributed by atoms with Crippen LogP contribution in [-0.2, 0) is 25.4 Å². The Morgan fingerprint density at radius 1 is 1.32 bits per heavy atom. The number of fused-ring (bicyclic) bond motifs is 1. The summed E-state index contributed by atoms with van der Waals surface area (Å²) in [5, 5.41) is 3.93. The second-order valence-electron chi connectivity index (χ2n) is 5.93. The fraction of sp³-hybridized carbons (Fsp3) is 0.235. The smallest absolute Gasteiger partial charge is 0.332 e. The number of nitrogens with one attached hydrogen (secondary N) is 1. The first-order valence-corrected chi connectivity index (χ1v) is 8.89. The molecule has 1 amide bonds. The van der Waals surface area contributed by atoms with Gasteiger partial charge in [-0.05, 0) is 18.2 Å². The van der Waals surface area contributed by atoms with Gasteiger partial charge >= 0.3 is 5.69 Å². The van der Waals surface area contributed by atoms with Gasteiger partial charge in [0.05, 0.1) is 19.7 Å². The molecule has 10 nitrogen and oxygen atoms in total. The summed E-state index contributed by atoms with van der Waals surface area (Å²) in [7, 11) is 4.43. The second-order valence-corrected chi connectivity index (χ2v) is 6.85. The highest BCUT2D eigenvalue weighted by Crippen LogP contribution is 2.21. The van der Waals surface area contributed by atoms with Crippen molar-refractivity contribution in [3.63, 3.8) is 0 Å². The Morgan fingerprint density at radius 3 is 2.79 bits per heavy atom. The molecule has 0 unspecified atom stereocenters. The van der Waals surface area contributed by atoms with E-state index in [1.54, 1.807) is 12.1 Å². The fourth-order valence-corrected chi connectivity index (χ4v) is 3.10. The third kappa shape index (κ3) is 3.60. The van der Waals surface area contributed by atoms with Crippen LogP contribution in [-0.4, -0.2) is 37.9 Å². The lowest BCUT2D eigenvalue weighted by atomic mass is 10.2. The molecular weight excluding hydrogens is 432 g/mol. The van der Waals surface area contributed by atoms with Crippen LogP contribution in [0.15, 0.2) is 43.7 Å². The minimum absolute atomic E-state index is 0.111. The maximum absolute atomic E-state index is 12.2. The van der Waals surface area contributed by atoms with Gasteiger partial charge in [-0.15, -0.1) is 0 Å². The molecule has 0 atom stereocenters. The highest BCUT2D eigenvalue weighted by Gasteiger charge is 2.15. The molecule has 0 bridgehead atoms. The van der Waals surface area contributed by atoms with Gasteiger partial charge in [0.2, 0.25) is 0 Å². The number of hydrazone groups is 1. The molecule has 2 heterocycles. The van der Waals surface area contributed by atoms with Crippen LogP contribution in [0.25, 0.3) is 11.2 Å². The highest BCUT2D eigenvalue weighted by molar-refractivity contribution is 9.10. The van der Waals surface area contributed by atoms with Crippen LogP contribution in [0.4, 0.5) is 0 Å². The molecule has 0 aliphatic heterocycles. The zero-order chi connectivity index (χ0) is 20.4. The zero-order valence-electron chi connectivity index (χ0n) is 15.3. The van der Waals surface area contributed by atoms with Crippen molar-refractivity contribution in [1.82, 2.24) is 24.1 Å². The summed E-state index contributed by atoms with van der Waals surface area (Å²) >= 11 is 3.36. The molecule has 0 radical (unpaired) electrons. The van der Waals surface area contributed by atoms with Crippen molar-refractivity contribution < 1.29 is 9.53 Å². The molecule has 11 heteroatoms. The van der Waals surface area contributed by atoms with Crippen LogP contribution in [0, 0.1) is 0 Å². The summed E-state index contributed by atoms with van der Waals surface area (Å²) in [6.45, 7) is -0.163. The second kappa shape index (κ2) is 7.80. The van der Waals surface area contributed by atoms with Crippen molar-refractivity contribution in [2.45, 2.75) is 6.54 Å². The molecule has 0 aliphatic carbocycles. The maximum atomic E-state index is 12.2. The molecule has 2 aromatic heterocycles. The van der Waals surface area contributed by atoms with Crippen molar-refractivity contribution in [2.75, 3.05) is 7.11 Å². The minimum atomic E-state index is -0.517. The Kier molecular flexibility index (Phi) is 5.45. The topological polar surface area (TPSA) is 113 Å². The Bertz CT molecular complexity index is 1210. The van der Waals surface area contributed by atoms with Crippen LogP contribution in [0.2, 0.25) is 0 Å². The number of aromatic nitrogens is 4. The standard InChI is InChI=1S/C17H17BrN6O4/c1-22-15-14(16(26)23(2)17(22)27)19-9-24(15)8-13(25)21-20-7-10-6-11(18)4-5-12(10)28-3/h4-7,9H,8H2,1-3H3,(H,21,25)/b20-7+. The molecule has 1 N–H and O–H groups in total. The van der Waals surface area contributed by atoms with Gasteiger partial charge in [-0.25, -0.2) is 15.2 Å². The van der Waals surface area contributed by atoms with Crippen molar-refractivity contribution >= 4 is 39.2 Å². The lowest BCUT2D eigenvalue weighted by Gasteiger charge is -2.08. The average molecular weight is 449 g/mol. The van der Waals surface area contributed by atoms with Gasteiger partial charge in [0, 0.05) is 24.1 Å². The maximum Gasteiger partial charge on any atom is 0.332 e. The first-order chi connectivity index (χ1) is 13.3. The summed E-state index contributed by atoms with van der Waals surface area (Å²) in [6.07, 6.45) is 2.80. The zero-order valence-corrected chi connectivity index (χ0v) is 16.9. The van der Waals surface area contributed by atoms with E-state index in [4.69, 9.17) is 4.74 Å². The monoisotopic (exact) mass is 448 g/mol. The van der Waals surface area contributed by atoms with Crippen LogP contribution in [0.5, 0.6) is 5.75 Å². The Balaban J connectivity index is 1.80. The van der Waals surface area contributed by atoms with Gasteiger partial charge in [-0.2, -0.15) is 5.10 Å². The van der Waals surface area contributed by atoms with E-state index in [1.807, 2.05) is 6.07 Å². The minimum Gasteiger partial charge on any atom is -0.496 e. The predicted octanol–water partition coefficient (Wildman–Crippen LogP) is 0.355. The average Bonchev–Trinajstić information content (AvgIpc) is 3.08. The van der Waals surface area contributed by atoms with E-state index in [-0.39, 0.29) is 17.7 Å². The normalized spacial score (nSPS) is 11.3. The number of hydrogen-bond acceptors (Lipinski definition) is 6. The molecule has 28 heavy (non-hydrogen) atoms. The third-order valence-electron chi connectivity index (χ3n) is 4.11. The number of carbonyl (C=O) groups is 1. The molecule has 0 spiro atoms. The van der Waals surface area contributed by atoms with Gasteiger partial charge in [0.1, 0.15) is 17.9 Å². The summed E-state index contributed by atoms with van der Waals surface area (Å²) in [4.78, 5) is 40.5. The molecule has 3 rings (SSSR count). The summed E-state index contributed by atoms with van der Waals surface area (Å²) < 4.78 is 9.73. The Morgan fingerprint density at radius 2 is 2.07 bits per heavy atom. The number of hydrogen-bond donors (Lipinski definition) is 1. The van der Waals surface area contributed by atoms with Gasteiger partial charge in [-0.3, -0.25) is 18.7 Å². The summed E-state index contributed by atoms with van der Waals surface area (Å²) in [5.74, 6) is 0.158. The molecule has 0 aliphatic rings. The van der Waals surface area contributed by atoms with E-state index in [1.165, 1.54) is 42.9 Å². The molecule has 3 aromatic rings. The van der Waals surface area contributed by atoms with E-state index in [9.17, 15) is 14.4 Å².